The molecular weight excluding hydrogens is 383 g/mol. The Labute approximate surface area is 167 Å². The fraction of sp³-hybridized carbons (Fsp3) is 0.368. The van der Waals surface area contributed by atoms with E-state index in [1.165, 1.54) is 6.33 Å². The van der Waals surface area contributed by atoms with E-state index in [2.05, 4.69) is 25.0 Å². The van der Waals surface area contributed by atoms with Crippen LogP contribution in [-0.2, 0) is 13.0 Å². The van der Waals surface area contributed by atoms with Crippen molar-refractivity contribution in [3.63, 3.8) is 0 Å². The van der Waals surface area contributed by atoms with Gasteiger partial charge in [0, 0.05) is 36.8 Å². The fourth-order valence-corrected chi connectivity index (χ4v) is 3.33. The molecule has 3 heterocycles. The van der Waals surface area contributed by atoms with E-state index in [1.807, 2.05) is 24.0 Å². The average molecular weight is 403 g/mol. The number of hydrogen-bond acceptors (Lipinski definition) is 7. The minimum absolute atomic E-state index is 0.317. The third kappa shape index (κ3) is 3.98. The Hall–Kier alpha value is -2.58. The van der Waals surface area contributed by atoms with E-state index in [0.29, 0.717) is 54.3 Å². The van der Waals surface area contributed by atoms with Crippen molar-refractivity contribution in [2.45, 2.75) is 19.9 Å². The molecule has 9 heteroatoms. The maximum absolute atomic E-state index is 14.5. The number of aromatic nitrogens is 4. The molecule has 0 bridgehead atoms. The lowest BCUT2D eigenvalue weighted by Gasteiger charge is -2.34. The monoisotopic (exact) mass is 402 g/mol. The highest BCUT2D eigenvalue weighted by atomic mass is 35.5. The van der Waals surface area contributed by atoms with Gasteiger partial charge >= 0.3 is 0 Å². The van der Waals surface area contributed by atoms with Crippen LogP contribution < -0.4 is 4.90 Å². The first kappa shape index (κ1) is 18.8. The van der Waals surface area contributed by atoms with Gasteiger partial charge in [-0.1, -0.05) is 23.7 Å². The molecule has 3 aromatic rings. The summed E-state index contributed by atoms with van der Waals surface area (Å²) >= 11 is 5.91. The molecule has 1 aliphatic rings. The summed E-state index contributed by atoms with van der Waals surface area (Å²) in [7, 11) is 0. The van der Waals surface area contributed by atoms with Gasteiger partial charge in [-0.25, -0.2) is 14.4 Å². The van der Waals surface area contributed by atoms with Crippen LogP contribution in [-0.4, -0.2) is 51.2 Å². The SMILES string of the molecule is CCc1ncnc(N2CCN(Cc3nc(-c4ccc(Cl)cc4)no3)CC2)c1F. The third-order valence-corrected chi connectivity index (χ3v) is 5.03. The highest BCUT2D eigenvalue weighted by Gasteiger charge is 2.23. The molecule has 0 radical (unpaired) electrons. The first-order chi connectivity index (χ1) is 13.6. The molecule has 4 rings (SSSR count). The zero-order valence-corrected chi connectivity index (χ0v) is 16.2. The van der Waals surface area contributed by atoms with Crippen molar-refractivity contribution in [1.82, 2.24) is 25.0 Å². The summed E-state index contributed by atoms with van der Waals surface area (Å²) in [6.07, 6.45) is 1.98. The number of aryl methyl sites for hydroxylation is 1. The van der Waals surface area contributed by atoms with Crippen LogP contribution in [0.3, 0.4) is 0 Å². The normalized spacial score (nSPS) is 15.2. The molecule has 1 fully saturated rings. The van der Waals surface area contributed by atoms with E-state index >= 15 is 0 Å². The van der Waals surface area contributed by atoms with Crippen LogP contribution in [0.2, 0.25) is 5.02 Å². The van der Waals surface area contributed by atoms with Gasteiger partial charge in [-0.3, -0.25) is 4.90 Å². The van der Waals surface area contributed by atoms with Gasteiger partial charge in [0.15, 0.2) is 11.6 Å². The van der Waals surface area contributed by atoms with Crippen LogP contribution in [0.4, 0.5) is 10.2 Å². The lowest BCUT2D eigenvalue weighted by Crippen LogP contribution is -2.46. The molecule has 2 aromatic heterocycles. The Morgan fingerprint density at radius 2 is 1.86 bits per heavy atom. The van der Waals surface area contributed by atoms with E-state index in [9.17, 15) is 4.39 Å². The summed E-state index contributed by atoms with van der Waals surface area (Å²) in [5.41, 5.74) is 1.31. The van der Waals surface area contributed by atoms with Crippen LogP contribution in [0.5, 0.6) is 0 Å². The van der Waals surface area contributed by atoms with Gasteiger partial charge in [-0.05, 0) is 30.7 Å². The van der Waals surface area contributed by atoms with Crippen molar-refractivity contribution in [1.29, 1.82) is 0 Å². The molecule has 0 aliphatic carbocycles. The maximum atomic E-state index is 14.5. The van der Waals surface area contributed by atoms with E-state index in [1.54, 1.807) is 12.1 Å². The van der Waals surface area contributed by atoms with E-state index in [-0.39, 0.29) is 5.82 Å². The zero-order valence-electron chi connectivity index (χ0n) is 15.5. The van der Waals surface area contributed by atoms with Crippen LogP contribution in [0.15, 0.2) is 35.1 Å². The first-order valence-corrected chi connectivity index (χ1v) is 9.57. The van der Waals surface area contributed by atoms with Crippen LogP contribution in [0.1, 0.15) is 18.5 Å². The molecule has 1 aromatic carbocycles. The van der Waals surface area contributed by atoms with Gasteiger partial charge in [0.25, 0.3) is 0 Å². The topological polar surface area (TPSA) is 71.2 Å². The lowest BCUT2D eigenvalue weighted by atomic mass is 10.2. The highest BCUT2D eigenvalue weighted by molar-refractivity contribution is 6.30. The van der Waals surface area contributed by atoms with Crippen LogP contribution >= 0.6 is 11.6 Å². The molecule has 0 N–H and O–H groups in total. The molecule has 146 valence electrons. The summed E-state index contributed by atoms with van der Waals surface area (Å²) in [6.45, 7) is 5.30. The molecule has 0 unspecified atom stereocenters. The molecule has 0 saturated carbocycles. The van der Waals surface area contributed by atoms with Gasteiger partial charge in [-0.2, -0.15) is 4.98 Å². The Morgan fingerprint density at radius 1 is 1.11 bits per heavy atom. The van der Waals surface area contributed by atoms with Gasteiger partial charge in [0.1, 0.15) is 6.33 Å². The molecular formula is C19H20ClFN6O. The number of piperazine rings is 1. The minimum Gasteiger partial charge on any atom is -0.352 e. The first-order valence-electron chi connectivity index (χ1n) is 9.19. The van der Waals surface area contributed by atoms with Crippen molar-refractivity contribution < 1.29 is 8.91 Å². The zero-order chi connectivity index (χ0) is 19.5. The summed E-state index contributed by atoms with van der Waals surface area (Å²) in [6, 6.07) is 7.30. The second-order valence-corrected chi connectivity index (χ2v) is 7.03. The predicted molar refractivity (Wildman–Crippen MR) is 104 cm³/mol. The summed E-state index contributed by atoms with van der Waals surface area (Å²) in [5.74, 6) is 1.16. The number of benzene rings is 1. The number of hydrogen-bond donors (Lipinski definition) is 0. The smallest absolute Gasteiger partial charge is 0.241 e. The Balaban J connectivity index is 1.37. The Bertz CT molecular complexity index is 940. The van der Waals surface area contributed by atoms with Crippen molar-refractivity contribution in [3.8, 4) is 11.4 Å². The summed E-state index contributed by atoms with van der Waals surface area (Å²) in [5, 5.41) is 4.71. The predicted octanol–water partition coefficient (Wildman–Crippen LogP) is 3.20. The third-order valence-electron chi connectivity index (χ3n) is 4.78. The maximum Gasteiger partial charge on any atom is 0.241 e. The molecule has 7 nitrogen and oxygen atoms in total. The molecule has 1 aliphatic heterocycles. The number of halogens is 2. The van der Waals surface area contributed by atoms with Crippen molar-refractivity contribution >= 4 is 17.4 Å². The summed E-state index contributed by atoms with van der Waals surface area (Å²) < 4.78 is 19.9. The van der Waals surface area contributed by atoms with Crippen LogP contribution in [0, 0.1) is 5.82 Å². The molecule has 0 atom stereocenters. The molecule has 1 saturated heterocycles. The fourth-order valence-electron chi connectivity index (χ4n) is 3.21. The van der Waals surface area contributed by atoms with E-state index in [4.69, 9.17) is 16.1 Å². The Morgan fingerprint density at radius 3 is 2.57 bits per heavy atom. The molecule has 0 amide bonds. The van der Waals surface area contributed by atoms with Gasteiger partial charge in [-0.15, -0.1) is 0 Å². The molecule has 0 spiro atoms. The second kappa shape index (κ2) is 8.20. The Kier molecular flexibility index (Phi) is 5.50. The molecule has 28 heavy (non-hydrogen) atoms. The highest BCUT2D eigenvalue weighted by Crippen LogP contribution is 2.21. The largest absolute Gasteiger partial charge is 0.352 e. The minimum atomic E-state index is -0.317. The second-order valence-electron chi connectivity index (χ2n) is 6.59. The van der Waals surface area contributed by atoms with Gasteiger partial charge in [0.05, 0.1) is 12.2 Å². The van der Waals surface area contributed by atoms with Crippen molar-refractivity contribution in [3.05, 3.63) is 53.0 Å². The van der Waals surface area contributed by atoms with Gasteiger partial charge in [0.2, 0.25) is 11.7 Å². The number of rotatable bonds is 5. The van der Waals surface area contributed by atoms with E-state index < -0.39 is 0 Å². The quantitative estimate of drug-likeness (QED) is 0.648. The van der Waals surface area contributed by atoms with Crippen molar-refractivity contribution in [2.75, 3.05) is 31.1 Å². The van der Waals surface area contributed by atoms with Gasteiger partial charge < -0.3 is 9.42 Å². The van der Waals surface area contributed by atoms with Crippen molar-refractivity contribution in [2.24, 2.45) is 0 Å². The number of nitrogens with zero attached hydrogens (tertiary/aromatic N) is 6. The standard InChI is InChI=1S/C19H20ClFN6O/c1-2-15-17(21)19(23-12-22-15)27-9-7-26(8-10-27)11-16-24-18(25-28-16)13-3-5-14(20)6-4-13/h3-6,12H,2,7-11H2,1H3. The summed E-state index contributed by atoms with van der Waals surface area (Å²) in [4.78, 5) is 16.8. The van der Waals surface area contributed by atoms with E-state index in [0.717, 1.165) is 18.7 Å². The lowest BCUT2D eigenvalue weighted by molar-refractivity contribution is 0.214. The number of anilines is 1. The van der Waals surface area contributed by atoms with Crippen LogP contribution in [0.25, 0.3) is 11.4 Å². The average Bonchev–Trinajstić information content (AvgIpc) is 3.18.